The van der Waals surface area contributed by atoms with E-state index in [0.717, 1.165) is 74.8 Å². The van der Waals surface area contributed by atoms with Gasteiger partial charge in [0.25, 0.3) is 0 Å². The van der Waals surface area contributed by atoms with Crippen molar-refractivity contribution in [3.8, 4) is 5.75 Å². The van der Waals surface area contributed by atoms with E-state index in [1.165, 1.54) is 5.56 Å². The van der Waals surface area contributed by atoms with E-state index in [-0.39, 0.29) is 5.69 Å². The van der Waals surface area contributed by atoms with Crippen LogP contribution in [0.2, 0.25) is 0 Å². The molecule has 3 rings (SSSR count). The summed E-state index contributed by atoms with van der Waals surface area (Å²) >= 11 is 0. The molecule has 2 N–H and O–H groups in total. The minimum atomic E-state index is 0.0206. The van der Waals surface area contributed by atoms with E-state index in [0.29, 0.717) is 13.1 Å². The van der Waals surface area contributed by atoms with E-state index in [9.17, 15) is 4.79 Å². The molecule has 0 amide bonds. The molecule has 0 aliphatic carbocycles. The van der Waals surface area contributed by atoms with Crippen molar-refractivity contribution in [1.82, 2.24) is 25.0 Å². The number of rotatable bonds is 9. The summed E-state index contributed by atoms with van der Waals surface area (Å²) in [7, 11) is 1.70. The Bertz CT molecular complexity index is 915. The maximum Gasteiger partial charge on any atom is 0.345 e. The van der Waals surface area contributed by atoms with Crippen molar-refractivity contribution in [2.45, 2.75) is 59.0 Å². The van der Waals surface area contributed by atoms with Crippen LogP contribution in [0.25, 0.3) is 0 Å². The number of benzene rings is 1. The molecule has 0 spiro atoms. The highest BCUT2D eigenvalue weighted by molar-refractivity contribution is 5.79. The summed E-state index contributed by atoms with van der Waals surface area (Å²) < 4.78 is 8.82. The third-order valence-electron chi connectivity index (χ3n) is 5.35. The maximum atomic E-state index is 12.4. The van der Waals surface area contributed by atoms with E-state index in [1.54, 1.807) is 11.8 Å². The zero-order valence-corrected chi connectivity index (χ0v) is 18.4. The lowest BCUT2D eigenvalue weighted by molar-refractivity contribution is 0.411. The summed E-state index contributed by atoms with van der Waals surface area (Å²) in [4.78, 5) is 17.0. The molecule has 2 aromatic rings. The zero-order valence-electron chi connectivity index (χ0n) is 18.4. The number of hydrogen-bond donors (Lipinski definition) is 2. The highest BCUT2D eigenvalue weighted by atomic mass is 16.5. The summed E-state index contributed by atoms with van der Waals surface area (Å²) in [6.45, 7) is 7.73. The van der Waals surface area contributed by atoms with Gasteiger partial charge in [-0.1, -0.05) is 12.1 Å². The van der Waals surface area contributed by atoms with E-state index in [4.69, 9.17) is 4.74 Å². The standard InChI is InChI=1S/C22H34N6O2/c1-4-23-21(25-13-11-18-10-9-17(2)19(16-18)30-3)24-12-7-15-28-22(29)27-14-6-5-8-20(27)26-28/h9-10,16H,4-8,11-15H2,1-3H3,(H2,23,24,25). The normalized spacial score (nSPS) is 13.8. The van der Waals surface area contributed by atoms with Gasteiger partial charge in [0.2, 0.25) is 0 Å². The molecule has 0 fully saturated rings. The first-order chi connectivity index (χ1) is 14.6. The third kappa shape index (κ3) is 5.64. The largest absolute Gasteiger partial charge is 0.496 e. The Morgan fingerprint density at radius 2 is 2.17 bits per heavy atom. The maximum absolute atomic E-state index is 12.4. The summed E-state index contributed by atoms with van der Waals surface area (Å²) in [5, 5.41) is 11.1. The number of aliphatic imine (C=N–C) groups is 1. The van der Waals surface area contributed by atoms with Crippen molar-refractivity contribution in [2.75, 3.05) is 26.7 Å². The van der Waals surface area contributed by atoms with Gasteiger partial charge in [0.15, 0.2) is 5.96 Å². The van der Waals surface area contributed by atoms with Crippen LogP contribution in [0.5, 0.6) is 5.75 Å². The lowest BCUT2D eigenvalue weighted by Crippen LogP contribution is -2.38. The van der Waals surface area contributed by atoms with Gasteiger partial charge in [-0.05, 0) is 56.7 Å². The topological polar surface area (TPSA) is 85.5 Å². The van der Waals surface area contributed by atoms with E-state index in [1.807, 2.05) is 11.5 Å². The van der Waals surface area contributed by atoms with E-state index < -0.39 is 0 Å². The van der Waals surface area contributed by atoms with Crippen LogP contribution in [0.1, 0.15) is 43.1 Å². The molecule has 8 heteroatoms. The van der Waals surface area contributed by atoms with Crippen LogP contribution in [0.3, 0.4) is 0 Å². The highest BCUT2D eigenvalue weighted by Gasteiger charge is 2.16. The average molecular weight is 415 g/mol. The number of nitrogens with zero attached hydrogens (tertiary/aromatic N) is 4. The quantitative estimate of drug-likeness (QED) is 0.372. The van der Waals surface area contributed by atoms with Gasteiger partial charge >= 0.3 is 5.69 Å². The van der Waals surface area contributed by atoms with Crippen LogP contribution in [-0.4, -0.2) is 47.1 Å². The lowest BCUT2D eigenvalue weighted by atomic mass is 10.1. The van der Waals surface area contributed by atoms with Crippen LogP contribution in [0.4, 0.5) is 0 Å². The Balaban J connectivity index is 1.47. The lowest BCUT2D eigenvalue weighted by Gasteiger charge is -2.12. The molecule has 0 unspecified atom stereocenters. The molecule has 0 atom stereocenters. The number of guanidine groups is 1. The first-order valence-corrected chi connectivity index (χ1v) is 10.9. The molecular weight excluding hydrogens is 380 g/mol. The SMILES string of the molecule is CCNC(=NCCCn1nc2n(c1=O)CCCC2)NCCc1ccc(C)c(OC)c1. The summed E-state index contributed by atoms with van der Waals surface area (Å²) in [5.41, 5.74) is 2.39. The van der Waals surface area contributed by atoms with Crippen molar-refractivity contribution in [2.24, 2.45) is 4.99 Å². The number of aryl methyl sites for hydroxylation is 3. The molecule has 1 aliphatic rings. The molecule has 30 heavy (non-hydrogen) atoms. The van der Waals surface area contributed by atoms with Crippen molar-refractivity contribution in [3.05, 3.63) is 45.6 Å². The fraction of sp³-hybridized carbons (Fsp3) is 0.591. The Kier molecular flexibility index (Phi) is 7.93. The molecule has 0 saturated heterocycles. The van der Waals surface area contributed by atoms with Gasteiger partial charge in [-0.3, -0.25) is 9.56 Å². The number of nitrogens with one attached hydrogen (secondary N) is 2. The second-order valence-corrected chi connectivity index (χ2v) is 7.63. The number of ether oxygens (including phenoxy) is 1. The minimum Gasteiger partial charge on any atom is -0.496 e. The minimum absolute atomic E-state index is 0.0206. The Morgan fingerprint density at radius 1 is 1.30 bits per heavy atom. The van der Waals surface area contributed by atoms with Gasteiger partial charge in [-0.2, -0.15) is 5.10 Å². The van der Waals surface area contributed by atoms with Crippen LogP contribution < -0.4 is 21.1 Å². The predicted octanol–water partition coefficient (Wildman–Crippen LogP) is 1.89. The Morgan fingerprint density at radius 3 is 2.93 bits per heavy atom. The van der Waals surface area contributed by atoms with Crippen molar-refractivity contribution in [1.29, 1.82) is 0 Å². The monoisotopic (exact) mass is 414 g/mol. The second kappa shape index (κ2) is 10.8. The Hall–Kier alpha value is -2.77. The van der Waals surface area contributed by atoms with Gasteiger partial charge in [-0.15, -0.1) is 0 Å². The molecule has 164 valence electrons. The first kappa shape index (κ1) is 21.9. The summed E-state index contributed by atoms with van der Waals surface area (Å²) in [6, 6.07) is 6.30. The molecule has 0 radical (unpaired) electrons. The third-order valence-corrected chi connectivity index (χ3v) is 5.35. The zero-order chi connectivity index (χ0) is 21.3. The first-order valence-electron chi connectivity index (χ1n) is 10.9. The number of hydrogen-bond acceptors (Lipinski definition) is 4. The fourth-order valence-corrected chi connectivity index (χ4v) is 3.69. The smallest absolute Gasteiger partial charge is 0.345 e. The predicted molar refractivity (Wildman–Crippen MR) is 119 cm³/mol. The molecule has 1 aromatic carbocycles. The molecule has 1 aliphatic heterocycles. The second-order valence-electron chi connectivity index (χ2n) is 7.63. The fourth-order valence-electron chi connectivity index (χ4n) is 3.69. The van der Waals surface area contributed by atoms with Gasteiger partial charge < -0.3 is 15.4 Å². The molecular formula is C22H34N6O2. The number of aromatic nitrogens is 3. The Labute approximate surface area is 178 Å². The van der Waals surface area contributed by atoms with Crippen LogP contribution in [0.15, 0.2) is 28.0 Å². The van der Waals surface area contributed by atoms with E-state index >= 15 is 0 Å². The van der Waals surface area contributed by atoms with Gasteiger partial charge in [0.1, 0.15) is 11.6 Å². The van der Waals surface area contributed by atoms with E-state index in [2.05, 4.69) is 45.8 Å². The number of methoxy groups -OCH3 is 1. The molecule has 8 nitrogen and oxygen atoms in total. The van der Waals surface area contributed by atoms with Crippen molar-refractivity contribution >= 4 is 5.96 Å². The van der Waals surface area contributed by atoms with Crippen LogP contribution in [-0.2, 0) is 25.9 Å². The van der Waals surface area contributed by atoms with Crippen molar-refractivity contribution < 1.29 is 4.74 Å². The van der Waals surface area contributed by atoms with Crippen molar-refractivity contribution in [3.63, 3.8) is 0 Å². The molecule has 0 saturated carbocycles. The van der Waals surface area contributed by atoms with Gasteiger partial charge in [-0.25, -0.2) is 9.48 Å². The van der Waals surface area contributed by atoms with Crippen LogP contribution in [0, 0.1) is 6.92 Å². The average Bonchev–Trinajstić information content (AvgIpc) is 3.08. The molecule has 1 aromatic heterocycles. The highest BCUT2D eigenvalue weighted by Crippen LogP contribution is 2.19. The van der Waals surface area contributed by atoms with Gasteiger partial charge in [0, 0.05) is 39.1 Å². The number of fused-ring (bicyclic) bond motifs is 1. The van der Waals surface area contributed by atoms with Gasteiger partial charge in [0.05, 0.1) is 7.11 Å². The summed E-state index contributed by atoms with van der Waals surface area (Å²) in [5.74, 6) is 2.65. The summed E-state index contributed by atoms with van der Waals surface area (Å²) in [6.07, 6.45) is 4.75. The molecule has 2 heterocycles. The van der Waals surface area contributed by atoms with Crippen LogP contribution >= 0.6 is 0 Å². The molecule has 0 bridgehead atoms.